The van der Waals surface area contributed by atoms with E-state index in [0.717, 1.165) is 4.90 Å². The fourth-order valence-electron chi connectivity index (χ4n) is 2.62. The highest BCUT2D eigenvalue weighted by Gasteiger charge is 2.42. The second-order valence-electron chi connectivity index (χ2n) is 5.21. The molecule has 3 rings (SSSR count). The zero-order valence-electron chi connectivity index (χ0n) is 11.9. The summed E-state index contributed by atoms with van der Waals surface area (Å²) in [6.45, 7) is 0. The minimum atomic E-state index is -1.26. The number of imide groups is 1. The van der Waals surface area contributed by atoms with E-state index < -0.39 is 23.8 Å². The van der Waals surface area contributed by atoms with Crippen molar-refractivity contribution >= 4 is 29.4 Å². The fraction of sp³-hybridized carbons (Fsp3) is 0.118. The number of carbonyl (C=O) groups excluding carboxylic acids is 2. The second kappa shape index (κ2) is 5.85. The number of benzene rings is 2. The molecule has 5 nitrogen and oxygen atoms in total. The van der Waals surface area contributed by atoms with Gasteiger partial charge in [0, 0.05) is 11.4 Å². The molecule has 2 aromatic rings. The van der Waals surface area contributed by atoms with E-state index in [1.807, 2.05) is 0 Å². The first-order chi connectivity index (χ1) is 11.0. The van der Waals surface area contributed by atoms with Crippen molar-refractivity contribution in [3.63, 3.8) is 0 Å². The van der Waals surface area contributed by atoms with Crippen LogP contribution in [0.2, 0.25) is 5.02 Å². The standard InChI is InChI=1S/C17H12ClNO4/c18-11-7-5-10(6-8-11)9-14(17(22)23)19-15(20)12-3-1-2-4-13(12)16(19)21/h1-8,14H,9H2,(H,22,23)/t14-/m1/s1. The lowest BCUT2D eigenvalue weighted by Gasteiger charge is -2.22. The Morgan fingerprint density at radius 3 is 2.00 bits per heavy atom. The van der Waals surface area contributed by atoms with E-state index in [1.54, 1.807) is 36.4 Å². The van der Waals surface area contributed by atoms with E-state index in [4.69, 9.17) is 11.6 Å². The number of carbonyl (C=O) groups is 3. The summed E-state index contributed by atoms with van der Waals surface area (Å²) in [6.07, 6.45) is 0.0258. The number of carboxylic acids is 1. The summed E-state index contributed by atoms with van der Waals surface area (Å²) in [5, 5.41) is 10.0. The van der Waals surface area contributed by atoms with E-state index in [0.29, 0.717) is 10.6 Å². The summed E-state index contributed by atoms with van der Waals surface area (Å²) in [5.74, 6) is -2.38. The van der Waals surface area contributed by atoms with Gasteiger partial charge in [0.05, 0.1) is 11.1 Å². The molecule has 0 radical (unpaired) electrons. The van der Waals surface area contributed by atoms with Crippen LogP contribution in [0.3, 0.4) is 0 Å². The van der Waals surface area contributed by atoms with Crippen molar-refractivity contribution in [3.05, 3.63) is 70.2 Å². The van der Waals surface area contributed by atoms with E-state index in [2.05, 4.69) is 0 Å². The maximum atomic E-state index is 12.4. The van der Waals surface area contributed by atoms with Crippen LogP contribution in [0.25, 0.3) is 0 Å². The molecule has 0 fully saturated rings. The van der Waals surface area contributed by atoms with Crippen molar-refractivity contribution in [2.45, 2.75) is 12.5 Å². The lowest BCUT2D eigenvalue weighted by Crippen LogP contribution is -2.46. The van der Waals surface area contributed by atoms with Crippen LogP contribution < -0.4 is 0 Å². The molecule has 1 atom stereocenters. The molecule has 1 aliphatic rings. The van der Waals surface area contributed by atoms with Gasteiger partial charge in [-0.25, -0.2) is 4.79 Å². The Hall–Kier alpha value is -2.66. The molecule has 0 unspecified atom stereocenters. The molecular weight excluding hydrogens is 318 g/mol. The zero-order valence-corrected chi connectivity index (χ0v) is 12.7. The maximum absolute atomic E-state index is 12.4. The van der Waals surface area contributed by atoms with Gasteiger partial charge in [-0.3, -0.25) is 14.5 Å². The van der Waals surface area contributed by atoms with Gasteiger partial charge in [0.15, 0.2) is 0 Å². The summed E-state index contributed by atoms with van der Waals surface area (Å²) < 4.78 is 0. The van der Waals surface area contributed by atoms with Gasteiger partial charge in [-0.05, 0) is 29.8 Å². The second-order valence-corrected chi connectivity index (χ2v) is 5.65. The van der Waals surface area contributed by atoms with Crippen molar-refractivity contribution in [1.29, 1.82) is 0 Å². The topological polar surface area (TPSA) is 74.7 Å². The Labute approximate surface area is 137 Å². The Morgan fingerprint density at radius 1 is 1.00 bits per heavy atom. The van der Waals surface area contributed by atoms with E-state index >= 15 is 0 Å². The van der Waals surface area contributed by atoms with Crippen LogP contribution in [-0.2, 0) is 11.2 Å². The number of aliphatic carboxylic acids is 1. The number of amides is 2. The molecule has 0 aliphatic carbocycles. The number of hydrogen-bond acceptors (Lipinski definition) is 3. The van der Waals surface area contributed by atoms with Crippen molar-refractivity contribution in [3.8, 4) is 0 Å². The van der Waals surface area contributed by atoms with Crippen molar-refractivity contribution < 1.29 is 19.5 Å². The summed E-state index contributed by atoms with van der Waals surface area (Å²) in [5.41, 5.74) is 1.15. The first-order valence-corrected chi connectivity index (χ1v) is 7.31. The molecule has 0 spiro atoms. The average molecular weight is 330 g/mol. The number of nitrogens with zero attached hydrogens (tertiary/aromatic N) is 1. The Bertz CT molecular complexity index is 765. The molecule has 1 heterocycles. The summed E-state index contributed by atoms with van der Waals surface area (Å²) >= 11 is 5.81. The highest BCUT2D eigenvalue weighted by Crippen LogP contribution is 2.26. The predicted molar refractivity (Wildman–Crippen MR) is 83.5 cm³/mol. The molecule has 6 heteroatoms. The highest BCUT2D eigenvalue weighted by molar-refractivity contribution is 6.30. The summed E-state index contributed by atoms with van der Waals surface area (Å²) in [7, 11) is 0. The number of carboxylic acid groups (broad SMARTS) is 1. The lowest BCUT2D eigenvalue weighted by molar-refractivity contribution is -0.141. The first kappa shape index (κ1) is 15.2. The highest BCUT2D eigenvalue weighted by atomic mass is 35.5. The van der Waals surface area contributed by atoms with Gasteiger partial charge in [-0.2, -0.15) is 0 Å². The number of rotatable bonds is 4. The SMILES string of the molecule is O=C(O)[C@@H](Cc1ccc(Cl)cc1)N1C(=O)c2ccccc2C1=O. The monoisotopic (exact) mass is 329 g/mol. The third kappa shape index (κ3) is 2.71. The van der Waals surface area contributed by atoms with Crippen LogP contribution in [0, 0.1) is 0 Å². The Balaban J connectivity index is 1.94. The van der Waals surface area contributed by atoms with Gasteiger partial charge in [0.1, 0.15) is 6.04 Å². The Morgan fingerprint density at radius 2 is 1.52 bits per heavy atom. The van der Waals surface area contributed by atoms with Crippen LogP contribution >= 0.6 is 11.6 Å². The van der Waals surface area contributed by atoms with Crippen LogP contribution in [0.15, 0.2) is 48.5 Å². The summed E-state index contributed by atoms with van der Waals surface area (Å²) in [6, 6.07) is 11.7. The van der Waals surface area contributed by atoms with Crippen LogP contribution in [0.1, 0.15) is 26.3 Å². The smallest absolute Gasteiger partial charge is 0.327 e. The average Bonchev–Trinajstić information content (AvgIpc) is 2.79. The normalized spacial score (nSPS) is 14.7. The first-order valence-electron chi connectivity index (χ1n) is 6.93. The van der Waals surface area contributed by atoms with E-state index in [9.17, 15) is 19.5 Å². The lowest BCUT2D eigenvalue weighted by atomic mass is 10.0. The molecular formula is C17H12ClNO4. The largest absolute Gasteiger partial charge is 0.480 e. The van der Waals surface area contributed by atoms with Gasteiger partial charge >= 0.3 is 5.97 Å². The number of halogens is 1. The van der Waals surface area contributed by atoms with Crippen LogP contribution in [0.4, 0.5) is 0 Å². The van der Waals surface area contributed by atoms with Gasteiger partial charge in [-0.15, -0.1) is 0 Å². The van der Waals surface area contributed by atoms with Crippen LogP contribution in [0.5, 0.6) is 0 Å². The number of hydrogen-bond donors (Lipinski definition) is 1. The molecule has 0 saturated carbocycles. The molecule has 1 aliphatic heterocycles. The van der Waals surface area contributed by atoms with Gasteiger partial charge < -0.3 is 5.11 Å². The van der Waals surface area contributed by atoms with Crippen molar-refractivity contribution in [2.24, 2.45) is 0 Å². The fourth-order valence-corrected chi connectivity index (χ4v) is 2.75. The third-order valence-corrected chi connectivity index (χ3v) is 4.02. The number of fused-ring (bicyclic) bond motifs is 1. The van der Waals surface area contributed by atoms with Gasteiger partial charge in [0.2, 0.25) is 0 Å². The molecule has 23 heavy (non-hydrogen) atoms. The van der Waals surface area contributed by atoms with E-state index in [1.165, 1.54) is 12.1 Å². The van der Waals surface area contributed by atoms with E-state index in [-0.39, 0.29) is 17.5 Å². The predicted octanol–water partition coefficient (Wildman–Crippen LogP) is 2.63. The molecule has 0 aromatic heterocycles. The molecule has 1 N–H and O–H groups in total. The summed E-state index contributed by atoms with van der Waals surface area (Å²) in [4.78, 5) is 37.3. The Kier molecular flexibility index (Phi) is 3.88. The van der Waals surface area contributed by atoms with Crippen molar-refractivity contribution in [2.75, 3.05) is 0 Å². The molecule has 2 aromatic carbocycles. The molecule has 2 amide bonds. The minimum Gasteiger partial charge on any atom is -0.480 e. The van der Waals surface area contributed by atoms with Crippen LogP contribution in [-0.4, -0.2) is 33.8 Å². The molecule has 0 saturated heterocycles. The quantitative estimate of drug-likeness (QED) is 0.875. The molecule has 0 bridgehead atoms. The minimum absolute atomic E-state index is 0.0258. The zero-order chi connectivity index (χ0) is 16.6. The van der Waals surface area contributed by atoms with Crippen molar-refractivity contribution in [1.82, 2.24) is 4.90 Å². The maximum Gasteiger partial charge on any atom is 0.327 e. The van der Waals surface area contributed by atoms with Gasteiger partial charge in [0.25, 0.3) is 11.8 Å². The third-order valence-electron chi connectivity index (χ3n) is 3.76. The van der Waals surface area contributed by atoms with Gasteiger partial charge in [-0.1, -0.05) is 35.9 Å². The molecule has 116 valence electrons.